The number of rotatable bonds is 4. The van der Waals surface area contributed by atoms with Gasteiger partial charge in [0, 0.05) is 24.9 Å². The second-order valence-electron chi connectivity index (χ2n) is 5.75. The van der Waals surface area contributed by atoms with Gasteiger partial charge in [-0.15, -0.1) is 0 Å². The Morgan fingerprint density at radius 1 is 1.15 bits per heavy atom. The third-order valence-electron chi connectivity index (χ3n) is 4.12. The van der Waals surface area contributed by atoms with Crippen LogP contribution < -0.4 is 5.56 Å². The van der Waals surface area contributed by atoms with E-state index in [2.05, 4.69) is 4.99 Å². The molecule has 27 heavy (non-hydrogen) atoms. The van der Waals surface area contributed by atoms with E-state index in [1.54, 1.807) is 18.7 Å². The highest BCUT2D eigenvalue weighted by molar-refractivity contribution is 6.37. The topological polar surface area (TPSA) is 82.4 Å². The highest BCUT2D eigenvalue weighted by Gasteiger charge is 2.17. The standard InChI is InChI=1S/C18H14Cl2N4O3/c1-11-17(18(25)23(22(11)2)13-6-4-3-5-7-13)21-10-12-8-16(24(26)27)15(20)9-14(12)19/h3-10H,1-2H3. The number of aromatic nitrogens is 2. The summed E-state index contributed by atoms with van der Waals surface area (Å²) in [6.07, 6.45) is 1.32. The Morgan fingerprint density at radius 3 is 2.44 bits per heavy atom. The van der Waals surface area contributed by atoms with Crippen LogP contribution in [0.3, 0.4) is 0 Å². The normalized spacial score (nSPS) is 11.3. The summed E-state index contributed by atoms with van der Waals surface area (Å²) in [7, 11) is 1.75. The molecule has 0 N–H and O–H groups in total. The maximum absolute atomic E-state index is 12.8. The summed E-state index contributed by atoms with van der Waals surface area (Å²) >= 11 is 11.9. The second kappa shape index (κ2) is 7.38. The quantitative estimate of drug-likeness (QED) is 0.365. The van der Waals surface area contributed by atoms with Crippen molar-refractivity contribution in [1.29, 1.82) is 0 Å². The van der Waals surface area contributed by atoms with Gasteiger partial charge in [0.2, 0.25) is 0 Å². The van der Waals surface area contributed by atoms with Crippen LogP contribution in [-0.4, -0.2) is 20.5 Å². The zero-order valence-electron chi connectivity index (χ0n) is 14.4. The van der Waals surface area contributed by atoms with E-state index in [9.17, 15) is 14.9 Å². The lowest BCUT2D eigenvalue weighted by atomic mass is 10.2. The molecule has 2 aromatic carbocycles. The van der Waals surface area contributed by atoms with Gasteiger partial charge in [-0.3, -0.25) is 19.6 Å². The van der Waals surface area contributed by atoms with Gasteiger partial charge in [0.25, 0.3) is 11.2 Å². The number of nitro benzene ring substituents is 1. The minimum Gasteiger partial charge on any atom is -0.283 e. The molecular weight excluding hydrogens is 391 g/mol. The molecule has 0 aliphatic heterocycles. The maximum atomic E-state index is 12.8. The van der Waals surface area contributed by atoms with Crippen LogP contribution in [0, 0.1) is 17.0 Å². The van der Waals surface area contributed by atoms with Crippen molar-refractivity contribution < 1.29 is 4.92 Å². The van der Waals surface area contributed by atoms with Gasteiger partial charge in [0.05, 0.1) is 21.3 Å². The van der Waals surface area contributed by atoms with Gasteiger partial charge >= 0.3 is 0 Å². The lowest BCUT2D eigenvalue weighted by Crippen LogP contribution is -2.19. The molecule has 0 atom stereocenters. The smallest absolute Gasteiger partial charge is 0.283 e. The minimum atomic E-state index is -0.605. The van der Waals surface area contributed by atoms with Crippen LogP contribution in [0.4, 0.5) is 11.4 Å². The summed E-state index contributed by atoms with van der Waals surface area (Å²) in [4.78, 5) is 27.5. The lowest BCUT2D eigenvalue weighted by Gasteiger charge is -2.07. The largest absolute Gasteiger partial charge is 0.297 e. The Bertz CT molecular complexity index is 1120. The molecule has 7 nitrogen and oxygen atoms in total. The lowest BCUT2D eigenvalue weighted by molar-refractivity contribution is -0.384. The molecule has 0 saturated carbocycles. The molecule has 0 fully saturated rings. The van der Waals surface area contributed by atoms with E-state index in [0.717, 1.165) is 0 Å². The molecule has 1 aromatic heterocycles. The van der Waals surface area contributed by atoms with Gasteiger partial charge in [-0.05, 0) is 25.1 Å². The van der Waals surface area contributed by atoms with Crippen LogP contribution in [0.15, 0.2) is 52.3 Å². The number of halogens is 2. The molecule has 3 aromatic rings. The van der Waals surface area contributed by atoms with Gasteiger partial charge in [-0.25, -0.2) is 9.67 Å². The maximum Gasteiger partial charge on any atom is 0.297 e. The first-order valence-electron chi connectivity index (χ1n) is 7.82. The summed E-state index contributed by atoms with van der Waals surface area (Å²) < 4.78 is 3.18. The number of nitro groups is 1. The fraction of sp³-hybridized carbons (Fsp3) is 0.111. The molecule has 0 amide bonds. The summed E-state index contributed by atoms with van der Waals surface area (Å²) in [5, 5.41) is 11.2. The summed E-state index contributed by atoms with van der Waals surface area (Å²) in [5.41, 5.74) is 1.26. The molecule has 0 bridgehead atoms. The van der Waals surface area contributed by atoms with E-state index < -0.39 is 4.92 Å². The van der Waals surface area contributed by atoms with Gasteiger partial charge in [0.1, 0.15) is 5.02 Å². The number of nitrogens with zero attached hydrogens (tertiary/aromatic N) is 4. The molecule has 0 saturated heterocycles. The Hall–Kier alpha value is -2.90. The SMILES string of the molecule is Cc1c(N=Cc2cc([N+](=O)[O-])c(Cl)cc2Cl)c(=O)n(-c2ccccc2)n1C. The number of hydrogen-bond donors (Lipinski definition) is 0. The van der Waals surface area contributed by atoms with Crippen LogP contribution in [-0.2, 0) is 7.05 Å². The van der Waals surface area contributed by atoms with Crippen LogP contribution >= 0.6 is 23.2 Å². The monoisotopic (exact) mass is 404 g/mol. The molecule has 0 unspecified atom stereocenters. The molecule has 3 rings (SSSR count). The van der Waals surface area contributed by atoms with Crippen LogP contribution in [0.5, 0.6) is 0 Å². The number of aliphatic imine (C=N–C) groups is 1. The van der Waals surface area contributed by atoms with Gasteiger partial charge in [0.15, 0.2) is 5.69 Å². The van der Waals surface area contributed by atoms with Crippen molar-refractivity contribution in [2.45, 2.75) is 6.92 Å². The summed E-state index contributed by atoms with van der Waals surface area (Å²) in [6.45, 7) is 1.76. The van der Waals surface area contributed by atoms with Crippen molar-refractivity contribution in [3.8, 4) is 5.69 Å². The van der Waals surface area contributed by atoms with E-state index >= 15 is 0 Å². The average Bonchev–Trinajstić information content (AvgIpc) is 2.84. The first-order valence-corrected chi connectivity index (χ1v) is 8.58. The second-order valence-corrected chi connectivity index (χ2v) is 6.56. The molecule has 0 spiro atoms. The molecule has 1 heterocycles. The van der Waals surface area contributed by atoms with E-state index in [0.29, 0.717) is 16.9 Å². The van der Waals surface area contributed by atoms with Gasteiger partial charge < -0.3 is 0 Å². The molecule has 0 aliphatic carbocycles. The minimum absolute atomic E-state index is 0.0653. The fourth-order valence-electron chi connectivity index (χ4n) is 2.63. The molecular formula is C18H14Cl2N4O3. The summed E-state index contributed by atoms with van der Waals surface area (Å²) in [6, 6.07) is 11.7. The average molecular weight is 405 g/mol. The van der Waals surface area contributed by atoms with E-state index in [1.165, 1.54) is 23.0 Å². The van der Waals surface area contributed by atoms with Gasteiger partial charge in [-0.2, -0.15) is 0 Å². The Morgan fingerprint density at radius 2 is 1.81 bits per heavy atom. The van der Waals surface area contributed by atoms with Crippen molar-refractivity contribution in [2.75, 3.05) is 0 Å². The predicted molar refractivity (Wildman–Crippen MR) is 106 cm³/mol. The number of hydrogen-bond acceptors (Lipinski definition) is 4. The van der Waals surface area contributed by atoms with E-state index in [-0.39, 0.29) is 27.0 Å². The van der Waals surface area contributed by atoms with E-state index in [4.69, 9.17) is 23.2 Å². The zero-order chi connectivity index (χ0) is 19.7. The third-order valence-corrected chi connectivity index (χ3v) is 4.75. The molecule has 0 aliphatic rings. The number of benzene rings is 2. The first kappa shape index (κ1) is 18.9. The van der Waals surface area contributed by atoms with Crippen LogP contribution in [0.1, 0.15) is 11.3 Å². The van der Waals surface area contributed by atoms with Gasteiger partial charge in [-0.1, -0.05) is 41.4 Å². The third kappa shape index (κ3) is 3.51. The first-order chi connectivity index (χ1) is 12.8. The molecule has 138 valence electrons. The molecule has 9 heteroatoms. The van der Waals surface area contributed by atoms with Crippen molar-refractivity contribution in [3.05, 3.63) is 84.2 Å². The Labute approximate surface area is 164 Å². The molecule has 0 radical (unpaired) electrons. The van der Waals surface area contributed by atoms with E-state index in [1.807, 2.05) is 30.3 Å². The summed E-state index contributed by atoms with van der Waals surface area (Å²) in [5.74, 6) is 0. The number of para-hydroxylation sites is 1. The predicted octanol–water partition coefficient (Wildman–Crippen LogP) is 4.45. The highest BCUT2D eigenvalue weighted by Crippen LogP contribution is 2.30. The van der Waals surface area contributed by atoms with Crippen LogP contribution in [0.25, 0.3) is 5.69 Å². The van der Waals surface area contributed by atoms with Crippen molar-refractivity contribution in [3.63, 3.8) is 0 Å². The fourth-order valence-corrected chi connectivity index (χ4v) is 3.13. The Balaban J connectivity index is 2.09. The van der Waals surface area contributed by atoms with Crippen molar-refractivity contribution in [1.82, 2.24) is 9.36 Å². The zero-order valence-corrected chi connectivity index (χ0v) is 15.9. The van der Waals surface area contributed by atoms with Crippen LogP contribution in [0.2, 0.25) is 10.0 Å². The highest BCUT2D eigenvalue weighted by atomic mass is 35.5. The van der Waals surface area contributed by atoms with Crippen molar-refractivity contribution >= 4 is 40.8 Å². The van der Waals surface area contributed by atoms with Crippen molar-refractivity contribution in [2.24, 2.45) is 12.0 Å². The Kier molecular flexibility index (Phi) is 5.16.